The number of carbonyl (C=O) groups is 2. The molecule has 2 N–H and O–H groups in total. The summed E-state index contributed by atoms with van der Waals surface area (Å²) in [6, 6.07) is 6.14. The van der Waals surface area contributed by atoms with Gasteiger partial charge in [0.15, 0.2) is 0 Å². The van der Waals surface area contributed by atoms with Gasteiger partial charge in [-0.2, -0.15) is 0 Å². The third-order valence-corrected chi connectivity index (χ3v) is 4.75. The first-order valence-corrected chi connectivity index (χ1v) is 9.21. The second-order valence-corrected chi connectivity index (χ2v) is 7.52. The highest BCUT2D eigenvalue weighted by Gasteiger charge is 2.29. The van der Waals surface area contributed by atoms with E-state index in [2.05, 4.69) is 5.32 Å². The highest BCUT2D eigenvalue weighted by atomic mass is 16.6. The molecule has 2 aliphatic rings. The number of carbonyl (C=O) groups excluding carboxylic acids is 2. The van der Waals surface area contributed by atoms with Gasteiger partial charge in [-0.25, -0.2) is 4.79 Å². The Morgan fingerprint density at radius 1 is 1.22 bits per heavy atom. The van der Waals surface area contributed by atoms with Crippen molar-refractivity contribution in [1.29, 1.82) is 0 Å². The molecular formula is C19H27N3O5. The lowest BCUT2D eigenvalue weighted by Gasteiger charge is -2.36. The molecule has 148 valence electrons. The number of phenolic OH excluding ortho intramolecular Hbond substituents is 1. The van der Waals surface area contributed by atoms with Gasteiger partial charge in [-0.05, 0) is 32.0 Å². The Labute approximate surface area is 159 Å². The maximum atomic E-state index is 12.5. The lowest BCUT2D eigenvalue weighted by atomic mass is 10.1. The van der Waals surface area contributed by atoms with Gasteiger partial charge in [-0.15, -0.1) is 0 Å². The lowest BCUT2D eigenvalue weighted by Crippen LogP contribution is -2.54. The van der Waals surface area contributed by atoms with E-state index in [0.29, 0.717) is 51.5 Å². The average molecular weight is 377 g/mol. The largest absolute Gasteiger partial charge is 0.508 e. The summed E-state index contributed by atoms with van der Waals surface area (Å²) in [4.78, 5) is 28.2. The highest BCUT2D eigenvalue weighted by Crippen LogP contribution is 2.17. The predicted molar refractivity (Wildman–Crippen MR) is 98.8 cm³/mol. The number of hydrogen-bond acceptors (Lipinski definition) is 5. The van der Waals surface area contributed by atoms with Gasteiger partial charge in [-0.3, -0.25) is 4.79 Å². The Hall–Kier alpha value is -2.32. The molecule has 1 atom stereocenters. The Morgan fingerprint density at radius 2 is 1.93 bits per heavy atom. The van der Waals surface area contributed by atoms with Crippen LogP contribution in [0.2, 0.25) is 0 Å². The fourth-order valence-electron chi connectivity index (χ4n) is 3.09. The Balaban J connectivity index is 1.42. The molecule has 1 unspecified atom stereocenters. The summed E-state index contributed by atoms with van der Waals surface area (Å²) in [7, 11) is 0. The summed E-state index contributed by atoms with van der Waals surface area (Å²) in [6.07, 6.45) is -0.143. The summed E-state index contributed by atoms with van der Waals surface area (Å²) in [5.41, 5.74) is 0.170. The number of hydrogen-bond donors (Lipinski definition) is 2. The molecule has 0 saturated carbocycles. The summed E-state index contributed by atoms with van der Waals surface area (Å²) in [5.74, 6) is -0.0718. The van der Waals surface area contributed by atoms with E-state index in [-0.39, 0.29) is 29.4 Å². The van der Waals surface area contributed by atoms with Crippen molar-refractivity contribution in [3.63, 3.8) is 0 Å². The second kappa shape index (κ2) is 8.14. The molecule has 2 aliphatic heterocycles. The quantitative estimate of drug-likeness (QED) is 0.822. The zero-order valence-electron chi connectivity index (χ0n) is 15.8. The maximum Gasteiger partial charge on any atom is 0.317 e. The molecule has 0 spiro atoms. The molecule has 3 amide bonds. The third kappa shape index (κ3) is 5.11. The number of urea groups is 1. The molecule has 27 heavy (non-hydrogen) atoms. The number of rotatable bonds is 3. The van der Waals surface area contributed by atoms with Crippen LogP contribution >= 0.6 is 0 Å². The van der Waals surface area contributed by atoms with Gasteiger partial charge in [-0.1, -0.05) is 6.07 Å². The maximum absolute atomic E-state index is 12.5. The summed E-state index contributed by atoms with van der Waals surface area (Å²) in [6.45, 7) is 7.15. The van der Waals surface area contributed by atoms with Crippen molar-refractivity contribution < 1.29 is 24.2 Å². The molecular weight excluding hydrogens is 350 g/mol. The molecule has 8 heteroatoms. The number of amides is 3. The van der Waals surface area contributed by atoms with E-state index < -0.39 is 0 Å². The van der Waals surface area contributed by atoms with Crippen molar-refractivity contribution in [2.75, 3.05) is 45.9 Å². The van der Waals surface area contributed by atoms with Crippen LogP contribution < -0.4 is 5.32 Å². The second-order valence-electron chi connectivity index (χ2n) is 7.52. The van der Waals surface area contributed by atoms with E-state index in [9.17, 15) is 14.7 Å². The normalized spacial score (nSPS) is 22.4. The fourth-order valence-corrected chi connectivity index (χ4v) is 3.09. The molecule has 2 heterocycles. The molecule has 0 aliphatic carbocycles. The van der Waals surface area contributed by atoms with Gasteiger partial charge < -0.3 is 29.7 Å². The molecule has 8 nitrogen and oxygen atoms in total. The van der Waals surface area contributed by atoms with Gasteiger partial charge in [0.2, 0.25) is 0 Å². The minimum atomic E-state index is -0.279. The van der Waals surface area contributed by atoms with E-state index in [1.807, 2.05) is 13.8 Å². The van der Waals surface area contributed by atoms with E-state index in [1.54, 1.807) is 21.9 Å². The van der Waals surface area contributed by atoms with E-state index >= 15 is 0 Å². The topological polar surface area (TPSA) is 91.3 Å². The van der Waals surface area contributed by atoms with Crippen molar-refractivity contribution in [1.82, 2.24) is 15.1 Å². The molecule has 2 saturated heterocycles. The van der Waals surface area contributed by atoms with Crippen LogP contribution in [-0.4, -0.2) is 84.5 Å². The van der Waals surface area contributed by atoms with Crippen LogP contribution in [0.1, 0.15) is 24.2 Å². The van der Waals surface area contributed by atoms with Crippen LogP contribution in [0.5, 0.6) is 5.75 Å². The summed E-state index contributed by atoms with van der Waals surface area (Å²) >= 11 is 0. The van der Waals surface area contributed by atoms with Crippen LogP contribution in [0.3, 0.4) is 0 Å². The molecule has 1 aromatic rings. The molecule has 0 bridgehead atoms. The van der Waals surface area contributed by atoms with Gasteiger partial charge in [0.1, 0.15) is 5.75 Å². The van der Waals surface area contributed by atoms with Crippen molar-refractivity contribution in [2.45, 2.75) is 25.6 Å². The Bertz CT molecular complexity index is 676. The number of phenols is 1. The van der Waals surface area contributed by atoms with Crippen LogP contribution in [0.25, 0.3) is 0 Å². The SMILES string of the molecule is CC1(C)COC(CNC(=O)N2CCN(C(=O)c3cccc(O)c3)CC2)CO1. The van der Waals surface area contributed by atoms with Gasteiger partial charge >= 0.3 is 6.03 Å². The fraction of sp³-hybridized carbons (Fsp3) is 0.579. The van der Waals surface area contributed by atoms with Crippen LogP contribution in [-0.2, 0) is 9.47 Å². The smallest absolute Gasteiger partial charge is 0.317 e. The highest BCUT2D eigenvalue weighted by molar-refractivity contribution is 5.94. The third-order valence-electron chi connectivity index (χ3n) is 4.75. The first-order chi connectivity index (χ1) is 12.8. The lowest BCUT2D eigenvalue weighted by molar-refractivity contribution is -0.172. The molecule has 3 rings (SSSR count). The number of benzene rings is 1. The number of piperazine rings is 1. The van der Waals surface area contributed by atoms with Gasteiger partial charge in [0.05, 0.1) is 24.9 Å². The predicted octanol–water partition coefficient (Wildman–Crippen LogP) is 1.05. The molecule has 2 fully saturated rings. The van der Waals surface area contributed by atoms with E-state index in [1.165, 1.54) is 12.1 Å². The first-order valence-electron chi connectivity index (χ1n) is 9.21. The monoisotopic (exact) mass is 377 g/mol. The minimum Gasteiger partial charge on any atom is -0.508 e. The van der Waals surface area contributed by atoms with Crippen molar-refractivity contribution in [2.24, 2.45) is 0 Å². The Kier molecular flexibility index (Phi) is 5.86. The number of ether oxygens (including phenoxy) is 2. The number of nitrogens with one attached hydrogen (secondary N) is 1. The number of nitrogens with zero attached hydrogens (tertiary/aromatic N) is 2. The van der Waals surface area contributed by atoms with Crippen molar-refractivity contribution >= 4 is 11.9 Å². The summed E-state index contributed by atoms with van der Waals surface area (Å²) in [5, 5.41) is 12.4. The first kappa shape index (κ1) is 19.4. The van der Waals surface area contributed by atoms with E-state index in [4.69, 9.17) is 9.47 Å². The van der Waals surface area contributed by atoms with Crippen LogP contribution in [0.4, 0.5) is 4.79 Å². The van der Waals surface area contributed by atoms with Gasteiger partial charge in [0, 0.05) is 38.3 Å². The zero-order chi connectivity index (χ0) is 19.4. The van der Waals surface area contributed by atoms with Crippen LogP contribution in [0, 0.1) is 0 Å². The number of aromatic hydroxyl groups is 1. The molecule has 0 radical (unpaired) electrons. The Morgan fingerprint density at radius 3 is 2.56 bits per heavy atom. The zero-order valence-corrected chi connectivity index (χ0v) is 15.8. The summed E-state index contributed by atoms with van der Waals surface area (Å²) < 4.78 is 11.4. The minimum absolute atomic E-state index is 0.0659. The molecule has 1 aromatic carbocycles. The standard InChI is InChI=1S/C19H27N3O5/c1-19(2)13-26-16(12-27-19)11-20-18(25)22-8-6-21(7-9-22)17(24)14-4-3-5-15(23)10-14/h3-5,10,16,23H,6-9,11-13H2,1-2H3,(H,20,25). The van der Waals surface area contributed by atoms with Gasteiger partial charge in [0.25, 0.3) is 5.91 Å². The average Bonchev–Trinajstić information content (AvgIpc) is 2.66. The van der Waals surface area contributed by atoms with Crippen molar-refractivity contribution in [3.8, 4) is 5.75 Å². The van der Waals surface area contributed by atoms with E-state index in [0.717, 1.165) is 0 Å². The van der Waals surface area contributed by atoms with Crippen LogP contribution in [0.15, 0.2) is 24.3 Å². The molecule has 0 aromatic heterocycles. The van der Waals surface area contributed by atoms with Crippen molar-refractivity contribution in [3.05, 3.63) is 29.8 Å².